The summed E-state index contributed by atoms with van der Waals surface area (Å²) < 4.78 is 1.99. The van der Waals surface area contributed by atoms with Crippen LogP contribution in [0.5, 0.6) is 0 Å². The lowest BCUT2D eigenvalue weighted by Gasteiger charge is -2.18. The van der Waals surface area contributed by atoms with Crippen LogP contribution in [-0.4, -0.2) is 54.5 Å². The molecule has 198 valence electrons. The van der Waals surface area contributed by atoms with E-state index in [0.29, 0.717) is 45.8 Å². The van der Waals surface area contributed by atoms with Gasteiger partial charge in [-0.05, 0) is 80.0 Å². The highest BCUT2D eigenvalue weighted by atomic mass is 16.2. The minimum atomic E-state index is -0.225. The van der Waals surface area contributed by atoms with E-state index in [0.717, 1.165) is 42.6 Å². The van der Waals surface area contributed by atoms with Gasteiger partial charge in [0.05, 0.1) is 11.4 Å². The Morgan fingerprint density at radius 2 is 1.85 bits per heavy atom. The van der Waals surface area contributed by atoms with Crippen molar-refractivity contribution in [1.82, 2.24) is 29.6 Å². The molecule has 1 aromatic carbocycles. The van der Waals surface area contributed by atoms with E-state index in [-0.39, 0.29) is 17.9 Å². The van der Waals surface area contributed by atoms with Crippen LogP contribution in [-0.2, 0) is 4.79 Å². The van der Waals surface area contributed by atoms with Crippen LogP contribution in [0.25, 0.3) is 22.3 Å². The first-order valence-electron chi connectivity index (χ1n) is 13.1. The number of carbonyl (C=O) groups excluding carboxylic acids is 2. The summed E-state index contributed by atoms with van der Waals surface area (Å²) in [5.74, 6) is 1.49. The van der Waals surface area contributed by atoms with Crippen molar-refractivity contribution in [2.45, 2.75) is 32.7 Å². The zero-order chi connectivity index (χ0) is 27.3. The number of fused-ring (bicyclic) bond motifs is 2. The van der Waals surface area contributed by atoms with Crippen molar-refractivity contribution in [3.63, 3.8) is 0 Å². The minimum absolute atomic E-state index is 0.00377. The van der Waals surface area contributed by atoms with Crippen LogP contribution in [0.1, 0.15) is 40.4 Å². The first-order valence-corrected chi connectivity index (χ1v) is 13.1. The molecule has 10 nitrogen and oxygen atoms in total. The van der Waals surface area contributed by atoms with Gasteiger partial charge in [0.15, 0.2) is 5.65 Å². The molecule has 39 heavy (non-hydrogen) atoms. The second-order valence-electron chi connectivity index (χ2n) is 10.5. The number of pyridine rings is 1. The Morgan fingerprint density at radius 3 is 2.54 bits per heavy atom. The van der Waals surface area contributed by atoms with Gasteiger partial charge in [-0.2, -0.15) is 5.10 Å². The summed E-state index contributed by atoms with van der Waals surface area (Å²) in [5.41, 5.74) is 11.0. The van der Waals surface area contributed by atoms with Gasteiger partial charge in [-0.25, -0.2) is 19.6 Å². The summed E-state index contributed by atoms with van der Waals surface area (Å²) in [6.07, 6.45) is 6.36. The number of nitrogens with two attached hydrogens (primary N) is 1. The van der Waals surface area contributed by atoms with E-state index in [1.165, 1.54) is 12.4 Å². The van der Waals surface area contributed by atoms with Crippen molar-refractivity contribution < 1.29 is 9.59 Å². The molecule has 1 saturated carbocycles. The molecular weight excluding hydrogens is 492 g/mol. The summed E-state index contributed by atoms with van der Waals surface area (Å²) in [6, 6.07) is 9.48. The van der Waals surface area contributed by atoms with Crippen LogP contribution in [0.15, 0.2) is 55.5 Å². The molecule has 1 saturated heterocycles. The first-order chi connectivity index (χ1) is 18.8. The molecule has 3 aromatic heterocycles. The van der Waals surface area contributed by atoms with Gasteiger partial charge >= 0.3 is 0 Å². The van der Waals surface area contributed by atoms with Crippen molar-refractivity contribution in [2.24, 2.45) is 11.8 Å². The summed E-state index contributed by atoms with van der Waals surface area (Å²) in [7, 11) is 0. The Hall–Kier alpha value is -4.60. The Labute approximate surface area is 226 Å². The first kappa shape index (κ1) is 24.7. The Morgan fingerprint density at radius 1 is 1.08 bits per heavy atom. The van der Waals surface area contributed by atoms with E-state index < -0.39 is 0 Å². The molecule has 0 radical (unpaired) electrons. The number of aryl methyl sites for hydroxylation is 2. The molecule has 1 aliphatic heterocycles. The lowest BCUT2D eigenvalue weighted by molar-refractivity contribution is -0.125. The highest BCUT2D eigenvalue weighted by molar-refractivity contribution is 6.05. The number of benzene rings is 1. The standard InChI is InChI=1S/C29H30N8O2/c1-4-24(38)36-13-19-11-21(12-20(19)14-36)37-28-25(27(30)32-15-33-28)26(35-37)18-5-6-22(17(3)10-18)29(39)34-23-9-16(2)7-8-31-23/h4-10,15,19-21H,1,11-14H2,2-3H3,(H2,30,32,33)(H,31,34,39). The summed E-state index contributed by atoms with van der Waals surface area (Å²) >= 11 is 0. The predicted molar refractivity (Wildman–Crippen MR) is 149 cm³/mol. The van der Waals surface area contributed by atoms with Gasteiger partial charge in [0, 0.05) is 30.4 Å². The molecular formula is C29H30N8O2. The largest absolute Gasteiger partial charge is 0.383 e. The average molecular weight is 523 g/mol. The molecule has 2 atom stereocenters. The lowest BCUT2D eigenvalue weighted by Crippen LogP contribution is -2.28. The van der Waals surface area contributed by atoms with Gasteiger partial charge in [-0.1, -0.05) is 12.6 Å². The number of nitrogen functional groups attached to an aromatic ring is 1. The Kier molecular flexibility index (Phi) is 6.09. The topological polar surface area (TPSA) is 132 Å². The van der Waals surface area contributed by atoms with E-state index in [1.807, 2.05) is 47.7 Å². The molecule has 3 N–H and O–H groups in total. The van der Waals surface area contributed by atoms with Crippen molar-refractivity contribution >= 4 is 34.5 Å². The van der Waals surface area contributed by atoms with Crippen LogP contribution in [0.2, 0.25) is 0 Å². The lowest BCUT2D eigenvalue weighted by atomic mass is 10.0. The number of hydrogen-bond donors (Lipinski definition) is 2. The molecule has 2 fully saturated rings. The third-order valence-electron chi connectivity index (χ3n) is 7.98. The van der Waals surface area contributed by atoms with Crippen LogP contribution in [0.3, 0.4) is 0 Å². The van der Waals surface area contributed by atoms with Crippen molar-refractivity contribution in [1.29, 1.82) is 0 Å². The number of rotatable bonds is 5. The number of hydrogen-bond acceptors (Lipinski definition) is 7. The molecule has 0 spiro atoms. The highest BCUT2D eigenvalue weighted by Gasteiger charge is 2.43. The van der Waals surface area contributed by atoms with Gasteiger partial charge in [-0.15, -0.1) is 0 Å². The molecule has 6 rings (SSSR count). The van der Waals surface area contributed by atoms with Crippen molar-refractivity contribution in [2.75, 3.05) is 24.1 Å². The molecule has 10 heteroatoms. The van der Waals surface area contributed by atoms with Crippen LogP contribution in [0.4, 0.5) is 11.6 Å². The molecule has 4 aromatic rings. The zero-order valence-electron chi connectivity index (χ0n) is 22.0. The van der Waals surface area contributed by atoms with Crippen LogP contribution >= 0.6 is 0 Å². The fourth-order valence-corrected chi connectivity index (χ4v) is 6.08. The van der Waals surface area contributed by atoms with Crippen molar-refractivity contribution in [3.05, 3.63) is 72.2 Å². The maximum atomic E-state index is 13.0. The van der Waals surface area contributed by atoms with E-state index in [2.05, 4.69) is 26.8 Å². The third kappa shape index (κ3) is 4.41. The highest BCUT2D eigenvalue weighted by Crippen LogP contribution is 2.45. The normalized spacial score (nSPS) is 20.3. The molecule has 1 aliphatic carbocycles. The van der Waals surface area contributed by atoms with Gasteiger partial charge in [0.25, 0.3) is 5.91 Å². The second-order valence-corrected chi connectivity index (χ2v) is 10.5. The number of carbonyl (C=O) groups is 2. The fourth-order valence-electron chi connectivity index (χ4n) is 6.08. The number of likely N-dealkylation sites (tertiary alicyclic amines) is 1. The molecule has 2 unspecified atom stereocenters. The number of nitrogens with one attached hydrogen (secondary N) is 1. The summed E-state index contributed by atoms with van der Waals surface area (Å²) in [4.78, 5) is 40.0. The SMILES string of the molecule is C=CC(=O)N1CC2CC(n3nc(-c4ccc(C(=O)Nc5cc(C)ccn5)c(C)c4)c4c(N)ncnc43)CC2C1. The fraction of sp³-hybridized carbons (Fsp3) is 0.310. The van der Waals surface area contributed by atoms with E-state index >= 15 is 0 Å². The summed E-state index contributed by atoms with van der Waals surface area (Å²) in [5, 5.41) is 8.60. The molecule has 2 aliphatic rings. The van der Waals surface area contributed by atoms with Gasteiger partial charge < -0.3 is 16.0 Å². The van der Waals surface area contributed by atoms with Gasteiger partial charge in [0.2, 0.25) is 5.91 Å². The maximum Gasteiger partial charge on any atom is 0.257 e. The number of nitrogens with zero attached hydrogens (tertiary/aromatic N) is 6. The predicted octanol–water partition coefficient (Wildman–Crippen LogP) is 3.94. The number of aromatic nitrogens is 5. The quantitative estimate of drug-likeness (QED) is 0.380. The smallest absolute Gasteiger partial charge is 0.257 e. The number of amides is 2. The monoisotopic (exact) mass is 522 g/mol. The third-order valence-corrected chi connectivity index (χ3v) is 7.98. The number of anilines is 2. The van der Waals surface area contributed by atoms with Crippen LogP contribution in [0, 0.1) is 25.7 Å². The molecule has 2 amide bonds. The van der Waals surface area contributed by atoms with Crippen molar-refractivity contribution in [3.8, 4) is 11.3 Å². The summed E-state index contributed by atoms with van der Waals surface area (Å²) in [6.45, 7) is 8.96. The van der Waals surface area contributed by atoms with Gasteiger partial charge in [0.1, 0.15) is 23.7 Å². The zero-order valence-corrected chi connectivity index (χ0v) is 22.0. The van der Waals surface area contributed by atoms with Gasteiger partial charge in [-0.3, -0.25) is 9.59 Å². The van der Waals surface area contributed by atoms with E-state index in [1.54, 1.807) is 12.3 Å². The maximum absolute atomic E-state index is 13.0. The Bertz CT molecular complexity index is 1610. The minimum Gasteiger partial charge on any atom is -0.383 e. The molecule has 4 heterocycles. The van der Waals surface area contributed by atoms with E-state index in [9.17, 15) is 9.59 Å². The average Bonchev–Trinajstić information content (AvgIpc) is 3.60. The van der Waals surface area contributed by atoms with E-state index in [4.69, 9.17) is 10.8 Å². The molecule has 0 bridgehead atoms. The van der Waals surface area contributed by atoms with Crippen LogP contribution < -0.4 is 11.1 Å². The second kappa shape index (κ2) is 9.61. The Balaban J connectivity index is 1.30.